The fraction of sp³-hybridized carbons (Fsp3) is 0.167. The number of nitrogens with zero attached hydrogens (tertiary/aromatic N) is 1. The number of pyridine rings is 1. The van der Waals surface area contributed by atoms with Gasteiger partial charge in [0.25, 0.3) is 0 Å². The van der Waals surface area contributed by atoms with E-state index in [-0.39, 0.29) is 23.6 Å². The van der Waals surface area contributed by atoms with Crippen LogP contribution in [-0.2, 0) is 10.0 Å². The predicted molar refractivity (Wildman–Crippen MR) is 93.6 cm³/mol. The van der Waals surface area contributed by atoms with Gasteiger partial charge in [0.2, 0.25) is 10.0 Å². The van der Waals surface area contributed by atoms with Gasteiger partial charge in [0.15, 0.2) is 0 Å². The minimum absolute atomic E-state index is 0.0307. The van der Waals surface area contributed by atoms with Crippen LogP contribution in [0, 0.1) is 12.7 Å². The summed E-state index contributed by atoms with van der Waals surface area (Å²) < 4.78 is 45.6. The van der Waals surface area contributed by atoms with Gasteiger partial charge in [-0.2, -0.15) is 0 Å². The Kier molecular flexibility index (Phi) is 4.96. The molecule has 1 N–H and O–H groups in total. The van der Waals surface area contributed by atoms with Crippen molar-refractivity contribution in [1.82, 2.24) is 9.71 Å². The Morgan fingerprint density at radius 3 is 2.80 bits per heavy atom. The van der Waals surface area contributed by atoms with Gasteiger partial charge in [-0.25, -0.2) is 17.5 Å². The summed E-state index contributed by atoms with van der Waals surface area (Å²) in [4.78, 5) is 4.25. The monoisotopic (exact) mass is 360 g/mol. The quantitative estimate of drug-likeness (QED) is 0.686. The zero-order valence-corrected chi connectivity index (χ0v) is 14.4. The number of benzene rings is 2. The minimum Gasteiger partial charge on any atom is -0.492 e. The molecular formula is C18H17FN2O3S. The molecule has 0 aliphatic carbocycles. The minimum atomic E-state index is -3.70. The topological polar surface area (TPSA) is 68.3 Å². The summed E-state index contributed by atoms with van der Waals surface area (Å²) in [5, 5.41) is 0.947. The molecule has 3 rings (SSSR count). The number of ether oxygens (including phenoxy) is 1. The van der Waals surface area contributed by atoms with Gasteiger partial charge in [0.05, 0.1) is 10.4 Å². The van der Waals surface area contributed by atoms with Crippen molar-refractivity contribution in [2.45, 2.75) is 11.8 Å². The van der Waals surface area contributed by atoms with Crippen LogP contribution in [0.25, 0.3) is 10.9 Å². The second-order valence-electron chi connectivity index (χ2n) is 5.52. The van der Waals surface area contributed by atoms with E-state index < -0.39 is 15.8 Å². The number of halogens is 1. The van der Waals surface area contributed by atoms with Gasteiger partial charge in [0.1, 0.15) is 18.2 Å². The predicted octanol–water partition coefficient (Wildman–Crippen LogP) is 3.04. The molecule has 0 fully saturated rings. The van der Waals surface area contributed by atoms with Gasteiger partial charge in [0, 0.05) is 18.1 Å². The van der Waals surface area contributed by atoms with Crippen LogP contribution < -0.4 is 9.46 Å². The third kappa shape index (κ3) is 4.12. The fourth-order valence-corrected chi connectivity index (χ4v) is 3.45. The first kappa shape index (κ1) is 17.3. The molecule has 25 heavy (non-hydrogen) atoms. The van der Waals surface area contributed by atoms with Crippen molar-refractivity contribution in [3.05, 3.63) is 66.1 Å². The van der Waals surface area contributed by atoms with Gasteiger partial charge >= 0.3 is 0 Å². The lowest BCUT2D eigenvalue weighted by Crippen LogP contribution is -2.28. The first-order valence-electron chi connectivity index (χ1n) is 7.69. The maximum Gasteiger partial charge on any atom is 0.240 e. The average Bonchev–Trinajstić information content (AvgIpc) is 2.61. The molecule has 0 saturated carbocycles. The van der Waals surface area contributed by atoms with Crippen molar-refractivity contribution >= 4 is 20.9 Å². The summed E-state index contributed by atoms with van der Waals surface area (Å²) >= 11 is 0. The number of hydrogen-bond donors (Lipinski definition) is 1. The highest BCUT2D eigenvalue weighted by Gasteiger charge is 2.14. The average molecular weight is 360 g/mol. The largest absolute Gasteiger partial charge is 0.492 e. The third-order valence-electron chi connectivity index (χ3n) is 3.68. The number of sulfonamides is 1. The zero-order chi connectivity index (χ0) is 17.9. The summed E-state index contributed by atoms with van der Waals surface area (Å²) in [6.07, 6.45) is 1.72. The molecule has 0 atom stereocenters. The van der Waals surface area contributed by atoms with Gasteiger partial charge in [-0.15, -0.1) is 0 Å². The Bertz CT molecular complexity index is 1010. The number of rotatable bonds is 6. The van der Waals surface area contributed by atoms with E-state index in [2.05, 4.69) is 9.71 Å². The number of aromatic nitrogens is 1. The van der Waals surface area contributed by atoms with Crippen LogP contribution in [0.4, 0.5) is 4.39 Å². The van der Waals surface area contributed by atoms with E-state index in [1.807, 2.05) is 24.3 Å². The second kappa shape index (κ2) is 7.16. The van der Waals surface area contributed by atoms with Crippen molar-refractivity contribution in [2.75, 3.05) is 13.2 Å². The molecule has 0 aliphatic rings. The Morgan fingerprint density at radius 2 is 2.00 bits per heavy atom. The lowest BCUT2D eigenvalue weighted by atomic mass is 10.2. The standard InChI is InChI=1S/C18H17FN2O3S/c1-13-11-16(5-6-17(13)19)25(22,23)21-9-10-24-15-4-7-18-14(12-15)3-2-8-20-18/h2-8,11-12,21H,9-10H2,1H3. The highest BCUT2D eigenvalue weighted by molar-refractivity contribution is 7.89. The van der Waals surface area contributed by atoms with E-state index in [0.29, 0.717) is 5.75 Å². The summed E-state index contributed by atoms with van der Waals surface area (Å²) in [7, 11) is -3.70. The smallest absolute Gasteiger partial charge is 0.240 e. The van der Waals surface area contributed by atoms with Crippen molar-refractivity contribution in [3.63, 3.8) is 0 Å². The lowest BCUT2D eigenvalue weighted by Gasteiger charge is -2.10. The van der Waals surface area contributed by atoms with Crippen molar-refractivity contribution in [1.29, 1.82) is 0 Å². The number of nitrogens with one attached hydrogen (secondary N) is 1. The molecule has 1 heterocycles. The molecule has 0 unspecified atom stereocenters. The SMILES string of the molecule is Cc1cc(S(=O)(=O)NCCOc2ccc3ncccc3c2)ccc1F. The van der Waals surface area contributed by atoms with Crippen molar-refractivity contribution < 1.29 is 17.5 Å². The van der Waals surface area contributed by atoms with Crippen LogP contribution in [-0.4, -0.2) is 26.6 Å². The lowest BCUT2D eigenvalue weighted by molar-refractivity contribution is 0.323. The highest BCUT2D eigenvalue weighted by atomic mass is 32.2. The van der Waals surface area contributed by atoms with E-state index in [1.165, 1.54) is 19.1 Å². The van der Waals surface area contributed by atoms with E-state index in [1.54, 1.807) is 12.3 Å². The van der Waals surface area contributed by atoms with E-state index in [9.17, 15) is 12.8 Å². The first-order valence-corrected chi connectivity index (χ1v) is 9.17. The Morgan fingerprint density at radius 1 is 1.16 bits per heavy atom. The highest BCUT2D eigenvalue weighted by Crippen LogP contribution is 2.19. The molecular weight excluding hydrogens is 343 g/mol. The zero-order valence-electron chi connectivity index (χ0n) is 13.6. The maximum atomic E-state index is 13.3. The molecule has 0 amide bonds. The van der Waals surface area contributed by atoms with Gasteiger partial charge in [-0.05, 0) is 55.0 Å². The van der Waals surface area contributed by atoms with Crippen LogP contribution in [0.15, 0.2) is 59.6 Å². The van der Waals surface area contributed by atoms with Crippen LogP contribution in [0.1, 0.15) is 5.56 Å². The number of aryl methyl sites for hydroxylation is 1. The van der Waals surface area contributed by atoms with E-state index >= 15 is 0 Å². The Balaban J connectivity index is 1.58. The van der Waals surface area contributed by atoms with Crippen LogP contribution in [0.5, 0.6) is 5.75 Å². The number of fused-ring (bicyclic) bond motifs is 1. The third-order valence-corrected chi connectivity index (χ3v) is 5.14. The molecule has 2 aromatic carbocycles. The molecule has 5 nitrogen and oxygen atoms in total. The number of hydrogen-bond acceptors (Lipinski definition) is 4. The van der Waals surface area contributed by atoms with Gasteiger partial charge in [-0.3, -0.25) is 4.98 Å². The van der Waals surface area contributed by atoms with Crippen LogP contribution in [0.2, 0.25) is 0 Å². The summed E-state index contributed by atoms with van der Waals surface area (Å²) in [6.45, 7) is 1.79. The summed E-state index contributed by atoms with van der Waals surface area (Å²) in [5.41, 5.74) is 1.14. The van der Waals surface area contributed by atoms with E-state index in [4.69, 9.17) is 4.74 Å². The molecule has 0 spiro atoms. The molecule has 0 saturated heterocycles. The first-order chi connectivity index (χ1) is 12.0. The normalized spacial score (nSPS) is 11.6. The molecule has 7 heteroatoms. The van der Waals surface area contributed by atoms with Crippen molar-refractivity contribution in [2.24, 2.45) is 0 Å². The van der Waals surface area contributed by atoms with Crippen LogP contribution >= 0.6 is 0 Å². The maximum absolute atomic E-state index is 13.3. The molecule has 3 aromatic rings. The fourth-order valence-electron chi connectivity index (χ4n) is 2.36. The van der Waals surface area contributed by atoms with Gasteiger partial charge < -0.3 is 4.74 Å². The summed E-state index contributed by atoms with van der Waals surface area (Å²) in [6, 6.07) is 12.9. The molecule has 1 aromatic heterocycles. The molecule has 0 aliphatic heterocycles. The second-order valence-corrected chi connectivity index (χ2v) is 7.28. The molecule has 130 valence electrons. The van der Waals surface area contributed by atoms with E-state index in [0.717, 1.165) is 17.0 Å². The Labute approximate surface area is 145 Å². The van der Waals surface area contributed by atoms with Crippen molar-refractivity contribution in [3.8, 4) is 5.75 Å². The molecule has 0 bridgehead atoms. The summed E-state index contributed by atoms with van der Waals surface area (Å²) in [5.74, 6) is 0.199. The Hall–Kier alpha value is -2.51. The molecule has 0 radical (unpaired) electrons. The van der Waals surface area contributed by atoms with Gasteiger partial charge in [-0.1, -0.05) is 6.07 Å². The van der Waals surface area contributed by atoms with Crippen LogP contribution in [0.3, 0.4) is 0 Å².